The summed E-state index contributed by atoms with van der Waals surface area (Å²) < 4.78 is 38.3. The summed E-state index contributed by atoms with van der Waals surface area (Å²) in [7, 11) is -4.46. The van der Waals surface area contributed by atoms with Crippen molar-refractivity contribution in [1.29, 1.82) is 0 Å². The van der Waals surface area contributed by atoms with Gasteiger partial charge in [0.15, 0.2) is 0 Å². The lowest BCUT2D eigenvalue weighted by molar-refractivity contribution is -0.142. The highest BCUT2D eigenvalue weighted by Gasteiger charge is 2.24. The Balaban J connectivity index is 3.14. The molecule has 0 radical (unpaired) electrons. The molecule has 0 aliphatic heterocycles. The third-order valence-corrected chi connectivity index (χ3v) is 3.91. The smallest absolute Gasteiger partial charge is 0.360 e. The molecule has 0 spiro atoms. The molecule has 0 aliphatic carbocycles. The summed E-state index contributed by atoms with van der Waals surface area (Å²) in [6.45, 7) is 7.17. The molecule has 1 rings (SSSR count). The number of carbonyl (C=O) groups is 1. The van der Waals surface area contributed by atoms with Crippen molar-refractivity contribution in [3.8, 4) is 0 Å². The molecule has 0 saturated carbocycles. The number of nitrogens with zero attached hydrogens (tertiary/aromatic N) is 1. The highest BCUT2D eigenvalue weighted by Crippen LogP contribution is 2.28. The summed E-state index contributed by atoms with van der Waals surface area (Å²) in [5.41, 5.74) is 2.82. The summed E-state index contributed by atoms with van der Waals surface area (Å²) in [5, 5.41) is 0. The minimum absolute atomic E-state index is 0.125. The molecule has 7 heteroatoms. The normalized spacial score (nSPS) is 11.3. The Morgan fingerprint density at radius 3 is 2.19 bits per heavy atom. The molecule has 0 aliphatic rings. The molecular formula is C14H21NO5S. The molecule has 0 saturated heterocycles. The second-order valence-corrected chi connectivity index (χ2v) is 6.19. The van der Waals surface area contributed by atoms with E-state index in [1.165, 1.54) is 0 Å². The Kier molecular flexibility index (Phi) is 5.74. The van der Waals surface area contributed by atoms with Crippen LogP contribution in [0.25, 0.3) is 0 Å². The summed E-state index contributed by atoms with van der Waals surface area (Å²) in [6, 6.07) is 3.65. The van der Waals surface area contributed by atoms with Gasteiger partial charge in [0.05, 0.1) is 18.7 Å². The van der Waals surface area contributed by atoms with Gasteiger partial charge in [-0.05, 0) is 38.8 Å². The maximum atomic E-state index is 11.6. The zero-order chi connectivity index (χ0) is 16.2. The van der Waals surface area contributed by atoms with Crippen molar-refractivity contribution in [3.05, 3.63) is 28.8 Å². The van der Waals surface area contributed by atoms with Gasteiger partial charge >= 0.3 is 16.3 Å². The van der Waals surface area contributed by atoms with Crippen LogP contribution in [0.4, 0.5) is 5.69 Å². The van der Waals surface area contributed by atoms with Crippen LogP contribution in [0, 0.1) is 20.8 Å². The van der Waals surface area contributed by atoms with Crippen molar-refractivity contribution < 1.29 is 22.5 Å². The number of anilines is 1. The van der Waals surface area contributed by atoms with Crippen LogP contribution in [0.15, 0.2) is 12.1 Å². The standard InChI is InChI=1S/C14H21NO5S/c1-5-20-13(16)6-7-15(21(17,18)19)14-11(3)8-10(2)9-12(14)4/h8-9H,5-7H2,1-4H3,(H,17,18,19). The van der Waals surface area contributed by atoms with E-state index in [9.17, 15) is 17.8 Å². The molecule has 0 atom stereocenters. The van der Waals surface area contributed by atoms with Crippen LogP contribution in [-0.2, 0) is 19.8 Å². The van der Waals surface area contributed by atoms with Gasteiger partial charge in [0.1, 0.15) is 0 Å². The number of hydrogen-bond donors (Lipinski definition) is 1. The summed E-state index contributed by atoms with van der Waals surface area (Å²) in [5.74, 6) is -0.506. The molecule has 0 heterocycles. The summed E-state index contributed by atoms with van der Waals surface area (Å²) in [4.78, 5) is 11.4. The highest BCUT2D eigenvalue weighted by atomic mass is 32.2. The fourth-order valence-electron chi connectivity index (χ4n) is 2.33. The zero-order valence-corrected chi connectivity index (χ0v) is 13.5. The maximum absolute atomic E-state index is 11.6. The molecule has 0 amide bonds. The fourth-order valence-corrected chi connectivity index (χ4v) is 3.18. The van der Waals surface area contributed by atoms with Gasteiger partial charge in [-0.3, -0.25) is 9.35 Å². The van der Waals surface area contributed by atoms with Crippen LogP contribution in [0.3, 0.4) is 0 Å². The minimum Gasteiger partial charge on any atom is -0.466 e. The van der Waals surface area contributed by atoms with Gasteiger partial charge in [0, 0.05) is 6.54 Å². The topological polar surface area (TPSA) is 83.9 Å². The monoisotopic (exact) mass is 315 g/mol. The number of ether oxygens (including phenoxy) is 1. The van der Waals surface area contributed by atoms with Crippen LogP contribution in [0.5, 0.6) is 0 Å². The van der Waals surface area contributed by atoms with Gasteiger partial charge in [0.2, 0.25) is 0 Å². The molecule has 118 valence electrons. The molecule has 0 fully saturated rings. The average molecular weight is 315 g/mol. The summed E-state index contributed by atoms with van der Waals surface area (Å²) >= 11 is 0. The number of rotatable bonds is 6. The lowest BCUT2D eigenvalue weighted by Crippen LogP contribution is -2.34. The van der Waals surface area contributed by atoms with Crippen LogP contribution >= 0.6 is 0 Å². The van der Waals surface area contributed by atoms with E-state index < -0.39 is 16.3 Å². The zero-order valence-electron chi connectivity index (χ0n) is 12.7. The molecule has 1 N–H and O–H groups in total. The van der Waals surface area contributed by atoms with Crippen LogP contribution in [-0.4, -0.2) is 32.1 Å². The van der Waals surface area contributed by atoms with Crippen molar-refractivity contribution in [1.82, 2.24) is 0 Å². The first kappa shape index (κ1) is 17.5. The van der Waals surface area contributed by atoms with E-state index >= 15 is 0 Å². The van der Waals surface area contributed by atoms with E-state index in [1.807, 2.05) is 19.1 Å². The molecule has 6 nitrogen and oxygen atoms in total. The predicted molar refractivity (Wildman–Crippen MR) is 80.8 cm³/mol. The van der Waals surface area contributed by atoms with Crippen LogP contribution in [0.2, 0.25) is 0 Å². The number of aryl methyl sites for hydroxylation is 3. The molecule has 1 aromatic carbocycles. The average Bonchev–Trinajstić information content (AvgIpc) is 2.30. The summed E-state index contributed by atoms with van der Waals surface area (Å²) in [6.07, 6.45) is -0.125. The van der Waals surface area contributed by atoms with Crippen LogP contribution in [0.1, 0.15) is 30.0 Å². The molecule has 0 unspecified atom stereocenters. The first-order valence-electron chi connectivity index (χ1n) is 6.65. The molecule has 0 aromatic heterocycles. The lowest BCUT2D eigenvalue weighted by atomic mass is 10.1. The SMILES string of the molecule is CCOC(=O)CCN(c1c(C)cc(C)cc1C)S(=O)(=O)O. The van der Waals surface area contributed by atoms with E-state index in [-0.39, 0.29) is 19.6 Å². The van der Waals surface area contributed by atoms with Crippen molar-refractivity contribution in [3.63, 3.8) is 0 Å². The van der Waals surface area contributed by atoms with Gasteiger partial charge in [0.25, 0.3) is 0 Å². The lowest BCUT2D eigenvalue weighted by Gasteiger charge is -2.24. The third-order valence-electron chi connectivity index (χ3n) is 2.99. The van der Waals surface area contributed by atoms with Crippen molar-refractivity contribution in [2.45, 2.75) is 34.1 Å². The van der Waals surface area contributed by atoms with E-state index in [0.717, 1.165) is 9.87 Å². The van der Waals surface area contributed by atoms with E-state index in [2.05, 4.69) is 0 Å². The van der Waals surface area contributed by atoms with Gasteiger partial charge in [-0.25, -0.2) is 4.31 Å². The van der Waals surface area contributed by atoms with Crippen molar-refractivity contribution >= 4 is 22.0 Å². The van der Waals surface area contributed by atoms with E-state index in [1.54, 1.807) is 20.8 Å². The van der Waals surface area contributed by atoms with Gasteiger partial charge in [-0.15, -0.1) is 0 Å². The first-order chi connectivity index (χ1) is 9.66. The fraction of sp³-hybridized carbons (Fsp3) is 0.500. The third kappa shape index (κ3) is 4.71. The van der Waals surface area contributed by atoms with E-state index in [4.69, 9.17) is 4.74 Å². The molecule has 1 aromatic rings. The highest BCUT2D eigenvalue weighted by molar-refractivity contribution is 7.87. The first-order valence-corrected chi connectivity index (χ1v) is 8.05. The number of carbonyl (C=O) groups excluding carboxylic acids is 1. The number of hydrogen-bond acceptors (Lipinski definition) is 4. The molecule has 0 bridgehead atoms. The number of esters is 1. The molecule has 21 heavy (non-hydrogen) atoms. The quantitative estimate of drug-likeness (QED) is 0.642. The second kappa shape index (κ2) is 6.91. The maximum Gasteiger partial charge on any atom is 0.360 e. The van der Waals surface area contributed by atoms with Gasteiger partial charge < -0.3 is 4.74 Å². The Morgan fingerprint density at radius 1 is 1.24 bits per heavy atom. The van der Waals surface area contributed by atoms with E-state index in [0.29, 0.717) is 16.8 Å². The Labute approximate surface area is 125 Å². The Morgan fingerprint density at radius 2 is 1.76 bits per heavy atom. The van der Waals surface area contributed by atoms with Crippen LogP contribution < -0.4 is 4.31 Å². The largest absolute Gasteiger partial charge is 0.466 e. The predicted octanol–water partition coefficient (Wildman–Crippen LogP) is 2.17. The second-order valence-electron chi connectivity index (χ2n) is 4.85. The van der Waals surface area contributed by atoms with Gasteiger partial charge in [-0.1, -0.05) is 17.7 Å². The van der Waals surface area contributed by atoms with Crippen molar-refractivity contribution in [2.24, 2.45) is 0 Å². The van der Waals surface area contributed by atoms with Gasteiger partial charge in [-0.2, -0.15) is 8.42 Å². The Bertz CT molecular complexity index is 601. The van der Waals surface area contributed by atoms with Crippen molar-refractivity contribution in [2.75, 3.05) is 17.5 Å². The Hall–Kier alpha value is -1.60. The number of benzene rings is 1. The molecular weight excluding hydrogens is 294 g/mol. The minimum atomic E-state index is -4.46.